The van der Waals surface area contributed by atoms with Crippen LogP contribution in [0.1, 0.15) is 58.9 Å². The Labute approximate surface area is 206 Å². The molecule has 6 amide bonds. The van der Waals surface area contributed by atoms with Crippen LogP contribution < -0.4 is 16.0 Å². The first-order valence-electron chi connectivity index (χ1n) is 11.8. The number of fused-ring (bicyclic) bond motifs is 1. The number of hydrogen-bond acceptors (Lipinski definition) is 7. The van der Waals surface area contributed by atoms with Gasteiger partial charge >= 0.3 is 11.8 Å². The second-order valence-electron chi connectivity index (χ2n) is 8.60. The van der Waals surface area contributed by atoms with Gasteiger partial charge in [-0.25, -0.2) is 0 Å². The van der Waals surface area contributed by atoms with Crippen LogP contribution >= 0.6 is 0 Å². The summed E-state index contributed by atoms with van der Waals surface area (Å²) in [4.78, 5) is 74.2. The Kier molecular flexibility index (Phi) is 7.23. The molecule has 3 heterocycles. The largest absolute Gasteiger partial charge is 0.348 e. The van der Waals surface area contributed by atoms with Crippen molar-refractivity contribution in [3.8, 4) is 0 Å². The third kappa shape index (κ3) is 5.16. The second-order valence-corrected chi connectivity index (χ2v) is 8.60. The molecule has 0 aliphatic carbocycles. The zero-order chi connectivity index (χ0) is 25.8. The molecule has 2 aliphatic rings. The SMILES string of the molecule is CCCn1ccc(NC(=O)C(=O)NCCCc2ccc3c(c2)C(=O)N(C2CCC(=O)NC2=O)C3=O)n1. The Bertz CT molecular complexity index is 1250. The number of aromatic nitrogens is 2. The molecule has 1 atom stereocenters. The summed E-state index contributed by atoms with van der Waals surface area (Å²) in [6.07, 6.45) is 3.73. The lowest BCUT2D eigenvalue weighted by Gasteiger charge is -2.27. The highest BCUT2D eigenvalue weighted by Gasteiger charge is 2.44. The van der Waals surface area contributed by atoms with Gasteiger partial charge in [0.2, 0.25) is 11.8 Å². The Morgan fingerprint density at radius 3 is 2.61 bits per heavy atom. The molecule has 4 rings (SSSR count). The molecule has 1 fully saturated rings. The minimum atomic E-state index is -1.01. The summed E-state index contributed by atoms with van der Waals surface area (Å²) in [5.41, 5.74) is 1.17. The van der Waals surface area contributed by atoms with Crippen molar-refractivity contribution in [3.63, 3.8) is 0 Å². The number of aryl methyl sites for hydroxylation is 2. The van der Waals surface area contributed by atoms with Crippen molar-refractivity contribution >= 4 is 41.3 Å². The molecular formula is C24H26N6O6. The molecular weight excluding hydrogens is 468 g/mol. The zero-order valence-electron chi connectivity index (χ0n) is 19.7. The predicted octanol–water partition coefficient (Wildman–Crippen LogP) is 0.382. The number of hydrogen-bond donors (Lipinski definition) is 3. The lowest BCUT2D eigenvalue weighted by molar-refractivity contribution is -0.136. The number of nitrogens with zero attached hydrogens (tertiary/aromatic N) is 3. The van der Waals surface area contributed by atoms with Crippen molar-refractivity contribution in [2.24, 2.45) is 0 Å². The molecule has 36 heavy (non-hydrogen) atoms. The Hall–Kier alpha value is -4.35. The summed E-state index contributed by atoms with van der Waals surface area (Å²) in [7, 11) is 0. The van der Waals surface area contributed by atoms with E-state index in [0.717, 1.165) is 16.9 Å². The number of nitrogens with one attached hydrogen (secondary N) is 3. The number of imide groups is 2. The Morgan fingerprint density at radius 1 is 1.08 bits per heavy atom. The van der Waals surface area contributed by atoms with Crippen LogP contribution in [0.2, 0.25) is 0 Å². The molecule has 188 valence electrons. The van der Waals surface area contributed by atoms with E-state index in [2.05, 4.69) is 21.0 Å². The third-order valence-electron chi connectivity index (χ3n) is 5.97. The molecule has 1 aromatic carbocycles. The second kappa shape index (κ2) is 10.5. The fraction of sp³-hybridized carbons (Fsp3) is 0.375. The van der Waals surface area contributed by atoms with Crippen LogP contribution in [0.25, 0.3) is 0 Å². The topological polar surface area (TPSA) is 160 Å². The highest BCUT2D eigenvalue weighted by molar-refractivity contribution is 6.39. The molecule has 1 saturated heterocycles. The first-order valence-corrected chi connectivity index (χ1v) is 11.8. The van der Waals surface area contributed by atoms with Gasteiger partial charge in [0.1, 0.15) is 6.04 Å². The highest BCUT2D eigenvalue weighted by Crippen LogP contribution is 2.28. The van der Waals surface area contributed by atoms with E-state index in [-0.39, 0.29) is 30.5 Å². The lowest BCUT2D eigenvalue weighted by atomic mass is 10.0. The minimum Gasteiger partial charge on any atom is -0.348 e. The molecule has 12 heteroatoms. The number of carbonyl (C=O) groups is 6. The Morgan fingerprint density at radius 2 is 1.86 bits per heavy atom. The fourth-order valence-corrected chi connectivity index (χ4v) is 4.20. The number of benzene rings is 1. The summed E-state index contributed by atoms with van der Waals surface area (Å²) in [6, 6.07) is 5.45. The maximum absolute atomic E-state index is 12.9. The van der Waals surface area contributed by atoms with Gasteiger partial charge in [-0.1, -0.05) is 13.0 Å². The Balaban J connectivity index is 1.28. The van der Waals surface area contributed by atoms with Crippen molar-refractivity contribution in [3.05, 3.63) is 47.2 Å². The molecule has 1 unspecified atom stereocenters. The average Bonchev–Trinajstić information content (AvgIpc) is 3.38. The molecule has 2 aliphatic heterocycles. The van der Waals surface area contributed by atoms with E-state index in [1.54, 1.807) is 35.1 Å². The van der Waals surface area contributed by atoms with Crippen LogP contribution in [-0.2, 0) is 32.1 Å². The summed E-state index contributed by atoms with van der Waals surface area (Å²) < 4.78 is 1.67. The lowest BCUT2D eigenvalue weighted by Crippen LogP contribution is -2.54. The van der Waals surface area contributed by atoms with E-state index < -0.39 is 41.5 Å². The van der Waals surface area contributed by atoms with Gasteiger partial charge in [-0.15, -0.1) is 0 Å². The van der Waals surface area contributed by atoms with Crippen molar-refractivity contribution < 1.29 is 28.8 Å². The van der Waals surface area contributed by atoms with Crippen LogP contribution in [0, 0.1) is 0 Å². The quantitative estimate of drug-likeness (QED) is 0.272. The zero-order valence-corrected chi connectivity index (χ0v) is 19.7. The monoisotopic (exact) mass is 494 g/mol. The van der Waals surface area contributed by atoms with E-state index in [9.17, 15) is 28.8 Å². The van der Waals surface area contributed by atoms with E-state index >= 15 is 0 Å². The van der Waals surface area contributed by atoms with Crippen LogP contribution in [0.15, 0.2) is 30.5 Å². The minimum absolute atomic E-state index is 0.0565. The molecule has 3 N–H and O–H groups in total. The molecule has 1 aromatic heterocycles. The van der Waals surface area contributed by atoms with E-state index in [1.165, 1.54) is 0 Å². The molecule has 0 saturated carbocycles. The summed E-state index contributed by atoms with van der Waals surface area (Å²) >= 11 is 0. The van der Waals surface area contributed by atoms with E-state index in [1.807, 2.05) is 6.92 Å². The van der Waals surface area contributed by atoms with Crippen molar-refractivity contribution in [2.45, 2.75) is 51.6 Å². The number of carbonyl (C=O) groups excluding carboxylic acids is 6. The predicted molar refractivity (Wildman–Crippen MR) is 126 cm³/mol. The number of amides is 6. The van der Waals surface area contributed by atoms with E-state index in [0.29, 0.717) is 25.2 Å². The fourth-order valence-electron chi connectivity index (χ4n) is 4.20. The average molecular weight is 495 g/mol. The summed E-state index contributed by atoms with van der Waals surface area (Å²) in [5.74, 6) is -3.52. The maximum Gasteiger partial charge on any atom is 0.314 e. The molecule has 12 nitrogen and oxygen atoms in total. The van der Waals surface area contributed by atoms with Crippen LogP contribution in [-0.4, -0.2) is 62.7 Å². The smallest absolute Gasteiger partial charge is 0.314 e. The third-order valence-corrected chi connectivity index (χ3v) is 5.97. The summed E-state index contributed by atoms with van der Waals surface area (Å²) in [6.45, 7) is 2.94. The number of anilines is 1. The molecule has 0 radical (unpaired) electrons. The number of rotatable bonds is 8. The number of piperidine rings is 1. The van der Waals surface area contributed by atoms with Gasteiger partial charge in [0.05, 0.1) is 11.1 Å². The van der Waals surface area contributed by atoms with Gasteiger partial charge in [0.15, 0.2) is 5.82 Å². The summed E-state index contributed by atoms with van der Waals surface area (Å²) in [5, 5.41) is 11.3. The maximum atomic E-state index is 12.9. The normalized spacial score (nSPS) is 17.1. The first kappa shape index (κ1) is 24.8. The first-order chi connectivity index (χ1) is 17.3. The van der Waals surface area contributed by atoms with Gasteiger partial charge in [-0.3, -0.25) is 43.7 Å². The van der Waals surface area contributed by atoms with Gasteiger partial charge in [0, 0.05) is 31.8 Å². The van der Waals surface area contributed by atoms with Gasteiger partial charge in [0.25, 0.3) is 11.8 Å². The van der Waals surface area contributed by atoms with Crippen LogP contribution in [0.3, 0.4) is 0 Å². The molecule has 0 spiro atoms. The van der Waals surface area contributed by atoms with Crippen LogP contribution in [0.4, 0.5) is 5.82 Å². The van der Waals surface area contributed by atoms with E-state index in [4.69, 9.17) is 0 Å². The highest BCUT2D eigenvalue weighted by atomic mass is 16.2. The van der Waals surface area contributed by atoms with Gasteiger partial charge in [-0.2, -0.15) is 5.10 Å². The van der Waals surface area contributed by atoms with Gasteiger partial charge < -0.3 is 10.6 Å². The van der Waals surface area contributed by atoms with Gasteiger partial charge in [-0.05, 0) is 43.4 Å². The molecule has 2 aromatic rings. The van der Waals surface area contributed by atoms with Crippen molar-refractivity contribution in [1.29, 1.82) is 0 Å². The standard InChI is InChI=1S/C24H26N6O6/c1-2-11-29-12-9-18(28-29)26-22(34)21(33)25-10-3-4-14-5-6-15-16(13-14)24(36)30(23(15)35)17-7-8-19(31)27-20(17)32/h5-6,9,12-13,17H,2-4,7-8,10-11H2,1H3,(H,25,33)(H,26,28,34)(H,27,31,32). The molecule has 0 bridgehead atoms. The van der Waals surface area contributed by atoms with Crippen molar-refractivity contribution in [2.75, 3.05) is 11.9 Å². The van der Waals surface area contributed by atoms with Crippen LogP contribution in [0.5, 0.6) is 0 Å². The van der Waals surface area contributed by atoms with Crippen molar-refractivity contribution in [1.82, 2.24) is 25.3 Å².